The fourth-order valence-electron chi connectivity index (χ4n) is 1.79. The molecular weight excluding hydrogens is 261 g/mol. The number of aryl methyl sites for hydroxylation is 1. The van der Waals surface area contributed by atoms with Gasteiger partial charge in [0.15, 0.2) is 0 Å². The van der Waals surface area contributed by atoms with E-state index >= 15 is 0 Å². The van der Waals surface area contributed by atoms with Crippen LogP contribution in [0.5, 0.6) is 0 Å². The lowest BCUT2D eigenvalue weighted by atomic mass is 9.98. The molecule has 0 N–H and O–H groups in total. The van der Waals surface area contributed by atoms with Crippen molar-refractivity contribution in [1.82, 2.24) is 0 Å². The topological polar surface area (TPSA) is 0 Å². The van der Waals surface area contributed by atoms with E-state index in [1.54, 1.807) is 31.2 Å². The van der Waals surface area contributed by atoms with E-state index in [4.69, 9.17) is 11.6 Å². The molecule has 0 heterocycles. The van der Waals surface area contributed by atoms with Gasteiger partial charge >= 0.3 is 6.18 Å². The molecule has 0 saturated heterocycles. The van der Waals surface area contributed by atoms with Crippen molar-refractivity contribution in [2.45, 2.75) is 13.1 Å². The van der Waals surface area contributed by atoms with Gasteiger partial charge in [0.25, 0.3) is 0 Å². The zero-order valence-electron chi connectivity index (χ0n) is 9.55. The van der Waals surface area contributed by atoms with Gasteiger partial charge in [-0.2, -0.15) is 13.2 Å². The predicted octanol–water partition coefficient (Wildman–Crippen LogP) is 5.33. The summed E-state index contributed by atoms with van der Waals surface area (Å²) >= 11 is 5.78. The standard InChI is InChI=1S/C14H10ClF3/c1-9-8-11(14(16,17)18)4-7-13(9)10-2-5-12(15)6-3-10/h2-8H,1H3. The summed E-state index contributed by atoms with van der Waals surface area (Å²) in [5.41, 5.74) is 1.59. The van der Waals surface area contributed by atoms with Crippen molar-refractivity contribution in [3.05, 3.63) is 58.6 Å². The van der Waals surface area contributed by atoms with E-state index in [2.05, 4.69) is 0 Å². The summed E-state index contributed by atoms with van der Waals surface area (Å²) in [5, 5.41) is 0.600. The fourth-order valence-corrected chi connectivity index (χ4v) is 1.92. The average Bonchev–Trinajstić information content (AvgIpc) is 2.29. The van der Waals surface area contributed by atoms with Gasteiger partial charge in [-0.3, -0.25) is 0 Å². The molecule has 0 unspecified atom stereocenters. The first-order valence-corrected chi connectivity index (χ1v) is 5.69. The second-order valence-electron chi connectivity index (χ2n) is 4.03. The Morgan fingerprint density at radius 1 is 0.944 bits per heavy atom. The quantitative estimate of drug-likeness (QED) is 0.657. The Labute approximate surface area is 108 Å². The summed E-state index contributed by atoms with van der Waals surface area (Å²) in [5.74, 6) is 0. The molecule has 0 bridgehead atoms. The number of alkyl halides is 3. The van der Waals surface area contributed by atoms with Crippen LogP contribution in [-0.2, 0) is 6.18 Å². The van der Waals surface area contributed by atoms with E-state index in [9.17, 15) is 13.2 Å². The van der Waals surface area contributed by atoms with Crippen LogP contribution in [0.25, 0.3) is 11.1 Å². The molecule has 0 aliphatic rings. The van der Waals surface area contributed by atoms with E-state index < -0.39 is 11.7 Å². The maximum atomic E-state index is 12.5. The van der Waals surface area contributed by atoms with Crippen molar-refractivity contribution in [3.63, 3.8) is 0 Å². The minimum Gasteiger partial charge on any atom is -0.166 e. The lowest BCUT2D eigenvalue weighted by Gasteiger charge is -2.11. The zero-order valence-corrected chi connectivity index (χ0v) is 10.3. The first kappa shape index (κ1) is 13.0. The Morgan fingerprint density at radius 3 is 2.06 bits per heavy atom. The number of hydrogen-bond donors (Lipinski definition) is 0. The monoisotopic (exact) mass is 270 g/mol. The lowest BCUT2D eigenvalue weighted by Crippen LogP contribution is -2.05. The average molecular weight is 271 g/mol. The fraction of sp³-hybridized carbons (Fsp3) is 0.143. The number of halogens is 4. The van der Waals surface area contributed by atoms with E-state index in [0.717, 1.165) is 23.3 Å². The van der Waals surface area contributed by atoms with E-state index in [1.165, 1.54) is 6.07 Å². The van der Waals surface area contributed by atoms with E-state index in [-0.39, 0.29) is 0 Å². The van der Waals surface area contributed by atoms with Crippen molar-refractivity contribution < 1.29 is 13.2 Å². The lowest BCUT2D eigenvalue weighted by molar-refractivity contribution is -0.137. The molecule has 0 saturated carbocycles. The number of rotatable bonds is 1. The first-order chi connectivity index (χ1) is 8.38. The third-order valence-corrected chi connectivity index (χ3v) is 2.96. The van der Waals surface area contributed by atoms with Crippen LogP contribution in [0.1, 0.15) is 11.1 Å². The molecule has 0 radical (unpaired) electrons. The molecule has 0 aliphatic heterocycles. The number of hydrogen-bond acceptors (Lipinski definition) is 0. The Balaban J connectivity index is 2.45. The maximum Gasteiger partial charge on any atom is 0.416 e. The van der Waals surface area contributed by atoms with Gasteiger partial charge in [-0.05, 0) is 47.9 Å². The van der Waals surface area contributed by atoms with Gasteiger partial charge in [-0.25, -0.2) is 0 Å². The highest BCUT2D eigenvalue weighted by Crippen LogP contribution is 2.33. The summed E-state index contributed by atoms with van der Waals surface area (Å²) in [6.07, 6.45) is -4.30. The molecule has 4 heteroatoms. The molecule has 0 fully saturated rings. The number of benzene rings is 2. The molecular formula is C14H10ClF3. The summed E-state index contributed by atoms with van der Waals surface area (Å²) in [4.78, 5) is 0. The largest absolute Gasteiger partial charge is 0.416 e. The molecule has 2 rings (SSSR count). The highest BCUT2D eigenvalue weighted by molar-refractivity contribution is 6.30. The molecule has 0 aromatic heterocycles. The van der Waals surface area contributed by atoms with Gasteiger partial charge in [0.05, 0.1) is 5.56 Å². The van der Waals surface area contributed by atoms with Crippen molar-refractivity contribution in [3.8, 4) is 11.1 Å². The molecule has 94 valence electrons. The van der Waals surface area contributed by atoms with Crippen molar-refractivity contribution >= 4 is 11.6 Å². The van der Waals surface area contributed by atoms with Crippen LogP contribution in [0.2, 0.25) is 5.02 Å². The second-order valence-corrected chi connectivity index (χ2v) is 4.47. The SMILES string of the molecule is Cc1cc(C(F)(F)F)ccc1-c1ccc(Cl)cc1. The Morgan fingerprint density at radius 2 is 1.56 bits per heavy atom. The Bertz CT molecular complexity index is 556. The minimum absolute atomic E-state index is 0.590. The van der Waals surface area contributed by atoms with Crippen LogP contribution in [0.3, 0.4) is 0 Å². The predicted molar refractivity (Wildman–Crippen MR) is 66.6 cm³/mol. The summed E-state index contributed by atoms with van der Waals surface area (Å²) in [7, 11) is 0. The molecule has 0 atom stereocenters. The van der Waals surface area contributed by atoms with Gasteiger partial charge < -0.3 is 0 Å². The Kier molecular flexibility index (Phi) is 3.35. The molecule has 18 heavy (non-hydrogen) atoms. The van der Waals surface area contributed by atoms with Crippen LogP contribution in [0, 0.1) is 6.92 Å². The minimum atomic E-state index is -4.30. The van der Waals surface area contributed by atoms with Gasteiger partial charge in [0, 0.05) is 5.02 Å². The third-order valence-electron chi connectivity index (χ3n) is 2.71. The smallest absolute Gasteiger partial charge is 0.166 e. The van der Waals surface area contributed by atoms with Gasteiger partial charge in [-0.1, -0.05) is 29.8 Å². The van der Waals surface area contributed by atoms with Crippen LogP contribution < -0.4 is 0 Å². The summed E-state index contributed by atoms with van der Waals surface area (Å²) in [6.45, 7) is 1.67. The van der Waals surface area contributed by atoms with Crippen LogP contribution >= 0.6 is 11.6 Å². The van der Waals surface area contributed by atoms with E-state index in [0.29, 0.717) is 10.6 Å². The van der Waals surface area contributed by atoms with Gasteiger partial charge in [0.2, 0.25) is 0 Å². The van der Waals surface area contributed by atoms with Crippen molar-refractivity contribution in [1.29, 1.82) is 0 Å². The molecule has 0 nitrogen and oxygen atoms in total. The highest BCUT2D eigenvalue weighted by atomic mass is 35.5. The van der Waals surface area contributed by atoms with Crippen LogP contribution in [0.15, 0.2) is 42.5 Å². The second kappa shape index (κ2) is 4.65. The highest BCUT2D eigenvalue weighted by Gasteiger charge is 2.30. The molecule has 0 spiro atoms. The third kappa shape index (κ3) is 2.67. The first-order valence-electron chi connectivity index (χ1n) is 5.32. The zero-order chi connectivity index (χ0) is 13.3. The molecule has 2 aromatic rings. The van der Waals surface area contributed by atoms with Crippen LogP contribution in [-0.4, -0.2) is 0 Å². The molecule has 0 amide bonds. The summed E-state index contributed by atoms with van der Waals surface area (Å²) in [6, 6.07) is 10.8. The van der Waals surface area contributed by atoms with Crippen LogP contribution in [0.4, 0.5) is 13.2 Å². The molecule has 2 aromatic carbocycles. The molecule has 0 aliphatic carbocycles. The summed E-state index contributed by atoms with van der Waals surface area (Å²) < 4.78 is 37.6. The van der Waals surface area contributed by atoms with Crippen molar-refractivity contribution in [2.75, 3.05) is 0 Å². The Hall–Kier alpha value is -1.48. The maximum absolute atomic E-state index is 12.5. The van der Waals surface area contributed by atoms with Gasteiger partial charge in [0.1, 0.15) is 0 Å². The normalized spacial score (nSPS) is 11.6. The van der Waals surface area contributed by atoms with Crippen molar-refractivity contribution in [2.24, 2.45) is 0 Å². The van der Waals surface area contributed by atoms with E-state index in [1.807, 2.05) is 0 Å². The van der Waals surface area contributed by atoms with Gasteiger partial charge in [-0.15, -0.1) is 0 Å².